The molecule has 0 unspecified atom stereocenters. The number of rotatable bonds is 6. The molecule has 1 N–H and O–H groups in total. The van der Waals surface area contributed by atoms with E-state index in [1.807, 2.05) is 6.92 Å². The summed E-state index contributed by atoms with van der Waals surface area (Å²) in [5.74, 6) is -0.960. The third-order valence-corrected chi connectivity index (χ3v) is 2.51. The van der Waals surface area contributed by atoms with Crippen LogP contribution < -0.4 is 10.1 Å². The maximum atomic E-state index is 13.7. The molecule has 0 saturated heterocycles. The molecule has 2 aromatic rings. The predicted octanol–water partition coefficient (Wildman–Crippen LogP) is 3.14. The summed E-state index contributed by atoms with van der Waals surface area (Å²) in [7, 11) is 0. The fraction of sp³-hybridized carbons (Fsp3) is 0.231. The van der Waals surface area contributed by atoms with Crippen molar-refractivity contribution in [3.8, 4) is 11.6 Å². The van der Waals surface area contributed by atoms with Gasteiger partial charge in [-0.05, 0) is 12.5 Å². The van der Waals surface area contributed by atoms with Gasteiger partial charge in [0.1, 0.15) is 0 Å². The van der Waals surface area contributed by atoms with Crippen LogP contribution in [0.3, 0.4) is 0 Å². The molecule has 2 rings (SSSR count). The van der Waals surface area contributed by atoms with Crippen LogP contribution in [0.2, 0.25) is 0 Å². The van der Waals surface area contributed by atoms with Crippen molar-refractivity contribution in [3.05, 3.63) is 46.4 Å². The Morgan fingerprint density at radius 2 is 2.24 bits per heavy atom. The molecule has 0 radical (unpaired) electrons. The first kappa shape index (κ1) is 14.6. The van der Waals surface area contributed by atoms with E-state index in [1.54, 1.807) is 0 Å². The van der Waals surface area contributed by atoms with E-state index in [9.17, 15) is 14.5 Å². The second-order valence-electron chi connectivity index (χ2n) is 4.09. The molecule has 0 amide bonds. The molecule has 0 atom stereocenters. The number of nitro groups is 1. The molecule has 110 valence electrons. The van der Waals surface area contributed by atoms with Gasteiger partial charge in [0.25, 0.3) is 0 Å². The highest BCUT2D eigenvalue weighted by Gasteiger charge is 2.20. The Morgan fingerprint density at radius 1 is 1.43 bits per heavy atom. The number of nitrogens with zero attached hydrogens (tertiary/aromatic N) is 3. The zero-order valence-electron chi connectivity index (χ0n) is 11.2. The molecule has 1 aromatic heterocycles. The predicted molar refractivity (Wildman–Crippen MR) is 73.9 cm³/mol. The van der Waals surface area contributed by atoms with E-state index in [2.05, 4.69) is 15.3 Å². The van der Waals surface area contributed by atoms with E-state index in [0.717, 1.165) is 18.6 Å². The lowest BCUT2D eigenvalue weighted by Gasteiger charge is -2.08. The summed E-state index contributed by atoms with van der Waals surface area (Å²) in [5, 5.41) is 13.8. The van der Waals surface area contributed by atoms with E-state index >= 15 is 0 Å². The van der Waals surface area contributed by atoms with Crippen molar-refractivity contribution in [1.29, 1.82) is 0 Å². The van der Waals surface area contributed by atoms with Crippen LogP contribution >= 0.6 is 0 Å². The Bertz CT molecular complexity index is 651. The van der Waals surface area contributed by atoms with Crippen molar-refractivity contribution in [2.75, 3.05) is 11.9 Å². The number of halogens is 1. The minimum atomic E-state index is -0.828. The van der Waals surface area contributed by atoms with Crippen LogP contribution in [0.15, 0.2) is 30.5 Å². The molecular formula is C13H13FN4O3. The van der Waals surface area contributed by atoms with Crippen molar-refractivity contribution in [2.45, 2.75) is 13.3 Å². The van der Waals surface area contributed by atoms with Crippen LogP contribution in [0, 0.1) is 15.9 Å². The number of para-hydroxylation sites is 1. The molecular weight excluding hydrogens is 279 g/mol. The fourth-order valence-electron chi connectivity index (χ4n) is 1.57. The lowest BCUT2D eigenvalue weighted by molar-refractivity contribution is -0.385. The summed E-state index contributed by atoms with van der Waals surface area (Å²) < 4.78 is 18.9. The number of nitro benzene ring substituents is 1. The van der Waals surface area contributed by atoms with E-state index in [1.165, 1.54) is 18.3 Å². The summed E-state index contributed by atoms with van der Waals surface area (Å²) in [6.07, 6.45) is 2.31. The molecule has 0 spiro atoms. The van der Waals surface area contributed by atoms with Crippen LogP contribution in [0.4, 0.5) is 16.0 Å². The first-order valence-corrected chi connectivity index (χ1v) is 6.29. The van der Waals surface area contributed by atoms with Gasteiger partial charge in [-0.2, -0.15) is 4.98 Å². The van der Waals surface area contributed by atoms with Gasteiger partial charge in [-0.15, -0.1) is 0 Å². The third kappa shape index (κ3) is 3.62. The van der Waals surface area contributed by atoms with Crippen LogP contribution in [0.25, 0.3) is 0 Å². The Balaban J connectivity index is 2.28. The number of aromatic nitrogens is 2. The SMILES string of the molecule is CCCNc1nccc(Oc2c(F)cccc2[N+](=O)[O-])n1. The molecule has 0 aliphatic heterocycles. The number of benzene rings is 1. The molecule has 1 aromatic carbocycles. The third-order valence-electron chi connectivity index (χ3n) is 2.51. The highest BCUT2D eigenvalue weighted by Crippen LogP contribution is 2.33. The maximum Gasteiger partial charge on any atom is 0.314 e. The van der Waals surface area contributed by atoms with Crippen LogP contribution in [-0.4, -0.2) is 21.4 Å². The van der Waals surface area contributed by atoms with Crippen LogP contribution in [0.5, 0.6) is 11.6 Å². The standard InChI is InChI=1S/C13H13FN4O3/c1-2-7-15-13-16-8-6-11(17-13)21-12-9(14)4-3-5-10(12)18(19)20/h3-6,8H,2,7H2,1H3,(H,15,16,17). The van der Waals surface area contributed by atoms with Crippen molar-refractivity contribution in [3.63, 3.8) is 0 Å². The van der Waals surface area contributed by atoms with Gasteiger partial charge in [-0.25, -0.2) is 9.37 Å². The average Bonchev–Trinajstić information content (AvgIpc) is 2.47. The van der Waals surface area contributed by atoms with Crippen molar-refractivity contribution in [1.82, 2.24) is 9.97 Å². The van der Waals surface area contributed by atoms with E-state index < -0.39 is 22.2 Å². The number of ether oxygens (including phenoxy) is 1. The molecule has 0 aliphatic rings. The Kier molecular flexibility index (Phi) is 4.60. The van der Waals surface area contributed by atoms with Crippen LogP contribution in [0.1, 0.15) is 13.3 Å². The number of hydrogen-bond acceptors (Lipinski definition) is 6. The quantitative estimate of drug-likeness (QED) is 0.649. The minimum absolute atomic E-state index is 0.0248. The Morgan fingerprint density at radius 3 is 2.95 bits per heavy atom. The van der Waals surface area contributed by atoms with Gasteiger partial charge in [0.05, 0.1) is 4.92 Å². The molecule has 1 heterocycles. The summed E-state index contributed by atoms with van der Waals surface area (Å²) >= 11 is 0. The molecule has 0 fully saturated rings. The van der Waals surface area contributed by atoms with Gasteiger partial charge in [0.15, 0.2) is 5.82 Å². The molecule has 21 heavy (non-hydrogen) atoms. The number of nitrogens with one attached hydrogen (secondary N) is 1. The van der Waals surface area contributed by atoms with E-state index in [4.69, 9.17) is 4.74 Å². The lowest BCUT2D eigenvalue weighted by atomic mass is 10.3. The summed E-state index contributed by atoms with van der Waals surface area (Å²) in [6.45, 7) is 2.65. The first-order valence-electron chi connectivity index (χ1n) is 6.29. The second kappa shape index (κ2) is 6.60. The van der Waals surface area contributed by atoms with Crippen molar-refractivity contribution < 1.29 is 14.1 Å². The van der Waals surface area contributed by atoms with Gasteiger partial charge in [-0.1, -0.05) is 13.0 Å². The zero-order chi connectivity index (χ0) is 15.2. The number of hydrogen-bond donors (Lipinski definition) is 1. The van der Waals surface area contributed by atoms with Gasteiger partial charge < -0.3 is 10.1 Å². The Hall–Kier alpha value is -2.77. The molecule has 0 bridgehead atoms. The minimum Gasteiger partial charge on any atom is -0.428 e. The largest absolute Gasteiger partial charge is 0.428 e. The lowest BCUT2D eigenvalue weighted by Crippen LogP contribution is -2.05. The van der Waals surface area contributed by atoms with Gasteiger partial charge in [0.2, 0.25) is 17.6 Å². The highest BCUT2D eigenvalue weighted by atomic mass is 19.1. The van der Waals surface area contributed by atoms with Gasteiger partial charge in [0, 0.05) is 24.9 Å². The first-order chi connectivity index (χ1) is 10.1. The van der Waals surface area contributed by atoms with E-state index in [0.29, 0.717) is 12.5 Å². The van der Waals surface area contributed by atoms with Gasteiger partial charge in [-0.3, -0.25) is 10.1 Å². The number of anilines is 1. The molecule has 0 saturated carbocycles. The maximum absolute atomic E-state index is 13.7. The smallest absolute Gasteiger partial charge is 0.314 e. The summed E-state index contributed by atoms with van der Waals surface area (Å²) in [5.41, 5.74) is -0.461. The zero-order valence-corrected chi connectivity index (χ0v) is 11.2. The normalized spacial score (nSPS) is 10.2. The van der Waals surface area contributed by atoms with Gasteiger partial charge >= 0.3 is 5.69 Å². The van der Waals surface area contributed by atoms with Crippen molar-refractivity contribution >= 4 is 11.6 Å². The average molecular weight is 292 g/mol. The highest BCUT2D eigenvalue weighted by molar-refractivity contribution is 5.48. The van der Waals surface area contributed by atoms with Crippen LogP contribution in [-0.2, 0) is 0 Å². The molecule has 0 aliphatic carbocycles. The summed E-state index contributed by atoms with van der Waals surface area (Å²) in [4.78, 5) is 18.2. The molecule has 8 heteroatoms. The second-order valence-corrected chi connectivity index (χ2v) is 4.09. The molecule has 7 nitrogen and oxygen atoms in total. The fourth-order valence-corrected chi connectivity index (χ4v) is 1.57. The van der Waals surface area contributed by atoms with E-state index in [-0.39, 0.29) is 5.88 Å². The summed E-state index contributed by atoms with van der Waals surface area (Å²) in [6, 6.07) is 4.89. The Labute approximate surface area is 120 Å². The topological polar surface area (TPSA) is 90.2 Å². The van der Waals surface area contributed by atoms with Crippen molar-refractivity contribution in [2.24, 2.45) is 0 Å². The monoisotopic (exact) mass is 292 g/mol.